The van der Waals surface area contributed by atoms with E-state index >= 15 is 0 Å². The highest BCUT2D eigenvalue weighted by Gasteiger charge is 2.29. The minimum atomic E-state index is -0.651. The molecule has 1 aliphatic heterocycles. The van der Waals surface area contributed by atoms with Crippen molar-refractivity contribution >= 4 is 17.5 Å². The lowest BCUT2D eigenvalue weighted by molar-refractivity contribution is 0.264. The van der Waals surface area contributed by atoms with E-state index in [1.807, 2.05) is 25.3 Å². The third-order valence-electron chi connectivity index (χ3n) is 5.57. The summed E-state index contributed by atoms with van der Waals surface area (Å²) in [6.45, 7) is 2.07. The monoisotopic (exact) mass is 459 g/mol. The molecular weight excluding hydrogens is 440 g/mol. The number of benzene rings is 2. The first-order valence-corrected chi connectivity index (χ1v) is 10.4. The maximum atomic E-state index is 13.7. The van der Waals surface area contributed by atoms with Crippen LogP contribution in [-0.4, -0.2) is 33.2 Å². The van der Waals surface area contributed by atoms with Gasteiger partial charge in [0, 0.05) is 25.0 Å². The van der Waals surface area contributed by atoms with E-state index < -0.39 is 17.7 Å². The van der Waals surface area contributed by atoms with Crippen LogP contribution in [0, 0.1) is 29.9 Å². The molecule has 4 aromatic rings. The van der Waals surface area contributed by atoms with Crippen LogP contribution in [0.5, 0.6) is 5.75 Å². The summed E-state index contributed by atoms with van der Waals surface area (Å²) in [4.78, 5) is 14.8. The smallest absolute Gasteiger partial charge is 0.229 e. The molecule has 0 fully saturated rings. The zero-order valence-corrected chi connectivity index (χ0v) is 18.3. The van der Waals surface area contributed by atoms with E-state index in [0.717, 1.165) is 11.8 Å². The zero-order valence-electron chi connectivity index (χ0n) is 18.3. The molecule has 1 N–H and O–H groups in total. The molecule has 34 heavy (non-hydrogen) atoms. The number of nitriles is 1. The second-order valence-corrected chi connectivity index (χ2v) is 7.91. The van der Waals surface area contributed by atoms with Crippen LogP contribution in [0.2, 0.25) is 0 Å². The Morgan fingerprint density at radius 2 is 1.94 bits per heavy atom. The molecule has 1 aliphatic rings. The Bertz CT molecular complexity index is 1410. The number of aryl methyl sites for hydroxylation is 1. The topological polar surface area (TPSA) is 91.9 Å². The maximum Gasteiger partial charge on any atom is 0.229 e. The molecule has 170 valence electrons. The van der Waals surface area contributed by atoms with Gasteiger partial charge in [0.15, 0.2) is 11.6 Å². The number of imidazole rings is 1. The van der Waals surface area contributed by atoms with Crippen LogP contribution in [0.3, 0.4) is 0 Å². The predicted octanol–water partition coefficient (Wildman–Crippen LogP) is 4.43. The first kappa shape index (κ1) is 21.3. The van der Waals surface area contributed by atoms with Gasteiger partial charge in [0.25, 0.3) is 0 Å². The number of likely N-dealkylation sites (N-methyl/N-ethyl adjacent to an activating group) is 1. The zero-order chi connectivity index (χ0) is 23.8. The predicted molar refractivity (Wildman–Crippen MR) is 121 cm³/mol. The molecule has 1 unspecified atom stereocenters. The molecule has 0 saturated carbocycles. The average Bonchev–Trinajstić information content (AvgIpc) is 3.25. The van der Waals surface area contributed by atoms with E-state index in [1.165, 1.54) is 18.3 Å². The SMILES string of the molecule is Cc1cn(-c2ccc(Nc3ncc4c(n3)N(C)C(c3cc(F)cc(F)c3)CO4)cc2C#N)cn1. The summed E-state index contributed by atoms with van der Waals surface area (Å²) < 4.78 is 35.0. The second-order valence-electron chi connectivity index (χ2n) is 7.91. The third-order valence-corrected chi connectivity index (χ3v) is 5.57. The molecule has 5 rings (SSSR count). The van der Waals surface area contributed by atoms with Crippen molar-refractivity contribution in [3.63, 3.8) is 0 Å². The molecule has 2 aromatic heterocycles. The summed E-state index contributed by atoms with van der Waals surface area (Å²) >= 11 is 0. The van der Waals surface area contributed by atoms with E-state index in [2.05, 4.69) is 26.3 Å². The van der Waals surface area contributed by atoms with Gasteiger partial charge in [0.2, 0.25) is 5.95 Å². The summed E-state index contributed by atoms with van der Waals surface area (Å²) in [6.07, 6.45) is 5.03. The van der Waals surface area contributed by atoms with Crippen molar-refractivity contribution in [1.29, 1.82) is 5.26 Å². The van der Waals surface area contributed by atoms with Gasteiger partial charge in [-0.15, -0.1) is 0 Å². The van der Waals surface area contributed by atoms with Crippen molar-refractivity contribution in [3.8, 4) is 17.5 Å². The van der Waals surface area contributed by atoms with Crippen LogP contribution in [0.1, 0.15) is 22.9 Å². The molecule has 3 heterocycles. The molecule has 0 radical (unpaired) electrons. The van der Waals surface area contributed by atoms with Gasteiger partial charge >= 0.3 is 0 Å². The van der Waals surface area contributed by atoms with E-state index in [-0.39, 0.29) is 12.6 Å². The molecule has 0 saturated heterocycles. The highest BCUT2D eigenvalue weighted by atomic mass is 19.1. The van der Waals surface area contributed by atoms with Crippen molar-refractivity contribution < 1.29 is 13.5 Å². The van der Waals surface area contributed by atoms with Gasteiger partial charge in [-0.25, -0.2) is 18.7 Å². The Balaban J connectivity index is 1.42. The van der Waals surface area contributed by atoms with Gasteiger partial charge in [0.1, 0.15) is 24.3 Å². The van der Waals surface area contributed by atoms with Crippen molar-refractivity contribution in [1.82, 2.24) is 19.5 Å². The first-order chi connectivity index (χ1) is 16.4. The second kappa shape index (κ2) is 8.44. The number of fused-ring (bicyclic) bond motifs is 1. The van der Waals surface area contributed by atoms with E-state index in [1.54, 1.807) is 28.9 Å². The van der Waals surface area contributed by atoms with Gasteiger partial charge in [-0.05, 0) is 42.8 Å². The summed E-state index contributed by atoms with van der Waals surface area (Å²) in [7, 11) is 1.78. The standard InChI is InChI=1S/C24H19F2N7O/c1-14-11-33(13-29-14)20-4-3-19(7-16(20)9-27)30-24-28-10-22-23(31-24)32(2)21(12-34-22)15-5-17(25)8-18(26)6-15/h3-8,10-11,13,21H,12H2,1-2H3,(H,28,30,31). The van der Waals surface area contributed by atoms with Crippen molar-refractivity contribution in [2.24, 2.45) is 0 Å². The number of aromatic nitrogens is 4. The number of anilines is 3. The lowest BCUT2D eigenvalue weighted by Crippen LogP contribution is -2.34. The summed E-state index contributed by atoms with van der Waals surface area (Å²) in [5.41, 5.74) is 3.08. The van der Waals surface area contributed by atoms with Crippen LogP contribution < -0.4 is 15.0 Å². The molecule has 10 heteroatoms. The first-order valence-electron chi connectivity index (χ1n) is 10.4. The normalized spacial score (nSPS) is 14.8. The minimum absolute atomic E-state index is 0.198. The van der Waals surface area contributed by atoms with E-state index in [0.29, 0.717) is 34.1 Å². The lowest BCUT2D eigenvalue weighted by Gasteiger charge is -2.35. The van der Waals surface area contributed by atoms with E-state index in [4.69, 9.17) is 4.74 Å². The van der Waals surface area contributed by atoms with Gasteiger partial charge in [-0.3, -0.25) is 0 Å². The van der Waals surface area contributed by atoms with Gasteiger partial charge in [-0.1, -0.05) is 0 Å². The van der Waals surface area contributed by atoms with Crippen LogP contribution in [-0.2, 0) is 0 Å². The Kier molecular flexibility index (Phi) is 5.30. The maximum absolute atomic E-state index is 13.7. The molecular formula is C24H19F2N7O. The Labute approximate surface area is 194 Å². The highest BCUT2D eigenvalue weighted by Crippen LogP contribution is 2.37. The number of nitrogens with zero attached hydrogens (tertiary/aromatic N) is 6. The average molecular weight is 459 g/mol. The van der Waals surface area contributed by atoms with Crippen molar-refractivity contribution in [2.45, 2.75) is 13.0 Å². The van der Waals surface area contributed by atoms with E-state index in [9.17, 15) is 14.0 Å². The Hall–Kier alpha value is -4.52. The molecule has 0 spiro atoms. The molecule has 0 bridgehead atoms. The number of halogens is 2. The fourth-order valence-electron chi connectivity index (χ4n) is 3.90. The Morgan fingerprint density at radius 3 is 2.65 bits per heavy atom. The summed E-state index contributed by atoms with van der Waals surface area (Å²) in [6, 6.07) is 10.5. The van der Waals surface area contributed by atoms with Crippen LogP contribution >= 0.6 is 0 Å². The largest absolute Gasteiger partial charge is 0.486 e. The minimum Gasteiger partial charge on any atom is -0.486 e. The number of hydrogen-bond acceptors (Lipinski definition) is 7. The lowest BCUT2D eigenvalue weighted by atomic mass is 10.0. The number of rotatable bonds is 4. The third kappa shape index (κ3) is 3.99. The summed E-state index contributed by atoms with van der Waals surface area (Å²) in [5.74, 6) is -0.0757. The number of hydrogen-bond donors (Lipinski definition) is 1. The fraction of sp³-hybridized carbons (Fsp3) is 0.167. The highest BCUT2D eigenvalue weighted by molar-refractivity contribution is 5.64. The molecule has 2 aromatic carbocycles. The number of nitrogens with one attached hydrogen (secondary N) is 1. The van der Waals surface area contributed by atoms with Crippen LogP contribution in [0.15, 0.2) is 55.1 Å². The molecule has 0 amide bonds. The van der Waals surface area contributed by atoms with Gasteiger partial charge in [-0.2, -0.15) is 10.2 Å². The Morgan fingerprint density at radius 1 is 1.15 bits per heavy atom. The van der Waals surface area contributed by atoms with Crippen LogP contribution in [0.25, 0.3) is 5.69 Å². The van der Waals surface area contributed by atoms with Gasteiger partial charge in [0.05, 0.1) is 35.5 Å². The quantitative estimate of drug-likeness (QED) is 0.483. The van der Waals surface area contributed by atoms with Gasteiger partial charge < -0.3 is 19.5 Å². The molecule has 1 atom stereocenters. The number of ether oxygens (including phenoxy) is 1. The molecule has 8 nitrogen and oxygen atoms in total. The fourth-order valence-corrected chi connectivity index (χ4v) is 3.90. The summed E-state index contributed by atoms with van der Waals surface area (Å²) in [5, 5.41) is 12.7. The van der Waals surface area contributed by atoms with Crippen molar-refractivity contribution in [3.05, 3.63) is 83.6 Å². The van der Waals surface area contributed by atoms with Crippen LogP contribution in [0.4, 0.5) is 26.2 Å². The molecule has 0 aliphatic carbocycles. The van der Waals surface area contributed by atoms with Crippen molar-refractivity contribution in [2.75, 3.05) is 23.9 Å².